The summed E-state index contributed by atoms with van der Waals surface area (Å²) in [7, 11) is 0. The van der Waals surface area contributed by atoms with Crippen LogP contribution in [-0.2, 0) is 0 Å². The molecule has 0 aromatic heterocycles. The molecule has 0 aliphatic rings. The Morgan fingerprint density at radius 3 is 2.10 bits per heavy atom. The molecule has 0 saturated heterocycles. The van der Waals surface area contributed by atoms with Crippen molar-refractivity contribution in [1.29, 1.82) is 0 Å². The summed E-state index contributed by atoms with van der Waals surface area (Å²) in [4.78, 5) is 0. The van der Waals surface area contributed by atoms with Crippen LogP contribution in [0.2, 0.25) is 0 Å². The summed E-state index contributed by atoms with van der Waals surface area (Å²) in [6.07, 6.45) is 0. The number of aryl methyl sites for hydroxylation is 2. The van der Waals surface area contributed by atoms with E-state index >= 15 is 0 Å². The number of halogens is 1. The van der Waals surface area contributed by atoms with Gasteiger partial charge in [-0.1, -0.05) is 48.5 Å². The Balaban J connectivity index is 2.04. The van der Waals surface area contributed by atoms with Gasteiger partial charge >= 0.3 is 0 Å². The van der Waals surface area contributed by atoms with E-state index in [9.17, 15) is 4.39 Å². The van der Waals surface area contributed by atoms with E-state index in [4.69, 9.17) is 0 Å². The van der Waals surface area contributed by atoms with E-state index in [1.165, 1.54) is 34.4 Å². The van der Waals surface area contributed by atoms with Gasteiger partial charge in [0.2, 0.25) is 0 Å². The van der Waals surface area contributed by atoms with Crippen LogP contribution in [0.4, 0.5) is 4.39 Å². The van der Waals surface area contributed by atoms with Crippen molar-refractivity contribution in [3.63, 3.8) is 0 Å². The Morgan fingerprint density at radius 2 is 1.43 bits per heavy atom. The molecule has 0 unspecified atom stereocenters. The Labute approximate surface area is 124 Å². The van der Waals surface area contributed by atoms with E-state index in [0.29, 0.717) is 0 Å². The number of rotatable bonds is 2. The first-order valence-corrected chi connectivity index (χ1v) is 6.99. The first-order chi connectivity index (χ1) is 10.1. The molecule has 1 radical (unpaired) electrons. The van der Waals surface area contributed by atoms with Gasteiger partial charge in [0.05, 0.1) is 0 Å². The third-order valence-corrected chi connectivity index (χ3v) is 3.77. The summed E-state index contributed by atoms with van der Waals surface area (Å²) < 4.78 is 13.0. The van der Waals surface area contributed by atoms with E-state index in [1.54, 1.807) is 0 Å². The topological polar surface area (TPSA) is 0 Å². The molecule has 0 spiro atoms. The minimum Gasteiger partial charge on any atom is -0.207 e. The molecule has 0 aliphatic carbocycles. The maximum atomic E-state index is 13.0. The third kappa shape index (κ3) is 2.73. The lowest BCUT2D eigenvalue weighted by Gasteiger charge is -2.11. The van der Waals surface area contributed by atoms with Gasteiger partial charge in [-0.3, -0.25) is 0 Å². The van der Waals surface area contributed by atoms with E-state index in [-0.39, 0.29) is 5.82 Å². The third-order valence-electron chi connectivity index (χ3n) is 3.77. The zero-order chi connectivity index (χ0) is 14.8. The second-order valence-electron chi connectivity index (χ2n) is 5.28. The number of benzene rings is 3. The van der Waals surface area contributed by atoms with Gasteiger partial charge in [0.25, 0.3) is 0 Å². The normalized spacial score (nSPS) is 10.6. The number of hydrogen-bond donors (Lipinski definition) is 0. The van der Waals surface area contributed by atoms with Crippen LogP contribution in [0.1, 0.15) is 11.1 Å². The van der Waals surface area contributed by atoms with E-state index in [1.807, 2.05) is 24.3 Å². The SMILES string of the molecule is Cc1c[c]ccc1-c1ccc(-c2ccc(F)cc2)cc1C. The molecule has 1 heteroatoms. The predicted octanol–water partition coefficient (Wildman–Crippen LogP) is 5.58. The summed E-state index contributed by atoms with van der Waals surface area (Å²) >= 11 is 0. The van der Waals surface area contributed by atoms with Crippen molar-refractivity contribution in [3.8, 4) is 22.3 Å². The monoisotopic (exact) mass is 275 g/mol. The van der Waals surface area contributed by atoms with Crippen LogP contribution in [-0.4, -0.2) is 0 Å². The van der Waals surface area contributed by atoms with Crippen molar-refractivity contribution in [2.75, 3.05) is 0 Å². The highest BCUT2D eigenvalue weighted by atomic mass is 19.1. The molecule has 0 heterocycles. The molecule has 103 valence electrons. The average molecular weight is 275 g/mol. The highest BCUT2D eigenvalue weighted by Gasteiger charge is 2.06. The Hall–Kier alpha value is -2.41. The maximum Gasteiger partial charge on any atom is 0.123 e. The first kappa shape index (κ1) is 13.6. The van der Waals surface area contributed by atoms with Gasteiger partial charge in [-0.05, 0) is 65.4 Å². The minimum atomic E-state index is -0.205. The highest BCUT2D eigenvalue weighted by molar-refractivity contribution is 5.75. The van der Waals surface area contributed by atoms with Gasteiger partial charge in [-0.2, -0.15) is 0 Å². The Kier molecular flexibility index (Phi) is 3.57. The molecule has 0 saturated carbocycles. The molecule has 0 amide bonds. The van der Waals surface area contributed by atoms with Crippen LogP contribution in [0.3, 0.4) is 0 Å². The molecule has 0 N–H and O–H groups in total. The molecule has 0 atom stereocenters. The largest absolute Gasteiger partial charge is 0.207 e. The van der Waals surface area contributed by atoms with Crippen molar-refractivity contribution in [3.05, 3.63) is 83.7 Å². The lowest BCUT2D eigenvalue weighted by Crippen LogP contribution is -1.88. The standard InChI is InChI=1S/C20H16F/c1-14-5-3-4-6-19(14)20-12-9-17(13-15(20)2)16-7-10-18(21)11-8-16/h4-13H,1-2H3. The lowest BCUT2D eigenvalue weighted by molar-refractivity contribution is 0.628. The fourth-order valence-electron chi connectivity index (χ4n) is 2.60. The summed E-state index contributed by atoms with van der Waals surface area (Å²) in [5, 5.41) is 0. The van der Waals surface area contributed by atoms with Gasteiger partial charge in [0.1, 0.15) is 5.82 Å². The summed E-state index contributed by atoms with van der Waals surface area (Å²) in [5.74, 6) is -0.205. The maximum absolute atomic E-state index is 13.0. The molecule has 0 fully saturated rings. The van der Waals surface area contributed by atoms with Crippen LogP contribution >= 0.6 is 0 Å². The zero-order valence-electron chi connectivity index (χ0n) is 12.2. The lowest BCUT2D eigenvalue weighted by atomic mass is 9.93. The molecule has 3 aromatic rings. The Morgan fingerprint density at radius 1 is 0.762 bits per heavy atom. The Bertz CT molecular complexity index is 770. The van der Waals surface area contributed by atoms with Crippen LogP contribution in [0, 0.1) is 25.7 Å². The van der Waals surface area contributed by atoms with Gasteiger partial charge in [-0.25, -0.2) is 4.39 Å². The minimum absolute atomic E-state index is 0.205. The molecule has 21 heavy (non-hydrogen) atoms. The molecular formula is C20H16F. The molecule has 0 nitrogen and oxygen atoms in total. The molecule has 3 rings (SSSR count). The average Bonchev–Trinajstić information content (AvgIpc) is 2.49. The van der Waals surface area contributed by atoms with Gasteiger partial charge < -0.3 is 0 Å². The first-order valence-electron chi connectivity index (χ1n) is 6.99. The van der Waals surface area contributed by atoms with Crippen molar-refractivity contribution in [2.24, 2.45) is 0 Å². The van der Waals surface area contributed by atoms with Crippen LogP contribution in [0.15, 0.2) is 60.7 Å². The van der Waals surface area contributed by atoms with Crippen LogP contribution in [0.5, 0.6) is 0 Å². The van der Waals surface area contributed by atoms with Crippen molar-refractivity contribution >= 4 is 0 Å². The fourth-order valence-corrected chi connectivity index (χ4v) is 2.60. The van der Waals surface area contributed by atoms with Crippen molar-refractivity contribution < 1.29 is 4.39 Å². The van der Waals surface area contributed by atoms with Crippen molar-refractivity contribution in [1.82, 2.24) is 0 Å². The van der Waals surface area contributed by atoms with Gasteiger partial charge in [0, 0.05) is 0 Å². The van der Waals surface area contributed by atoms with Gasteiger partial charge in [0.15, 0.2) is 0 Å². The van der Waals surface area contributed by atoms with E-state index < -0.39 is 0 Å². The molecule has 0 bridgehead atoms. The number of hydrogen-bond acceptors (Lipinski definition) is 0. The molecular weight excluding hydrogens is 259 g/mol. The second kappa shape index (κ2) is 5.53. The summed E-state index contributed by atoms with van der Waals surface area (Å²) in [6.45, 7) is 4.21. The quantitative estimate of drug-likeness (QED) is 0.573. The van der Waals surface area contributed by atoms with Crippen molar-refractivity contribution in [2.45, 2.75) is 13.8 Å². The molecule has 3 aromatic carbocycles. The predicted molar refractivity (Wildman–Crippen MR) is 85.6 cm³/mol. The fraction of sp³-hybridized carbons (Fsp3) is 0.100. The van der Waals surface area contributed by atoms with Crippen LogP contribution in [0.25, 0.3) is 22.3 Å². The van der Waals surface area contributed by atoms with E-state index in [0.717, 1.165) is 11.1 Å². The van der Waals surface area contributed by atoms with Gasteiger partial charge in [-0.15, -0.1) is 0 Å². The smallest absolute Gasteiger partial charge is 0.123 e. The summed E-state index contributed by atoms with van der Waals surface area (Å²) in [5.41, 5.74) is 7.03. The summed E-state index contributed by atoms with van der Waals surface area (Å²) in [6, 6.07) is 22.1. The zero-order valence-corrected chi connectivity index (χ0v) is 12.2. The molecule has 0 aliphatic heterocycles. The van der Waals surface area contributed by atoms with E-state index in [2.05, 4.69) is 44.2 Å². The van der Waals surface area contributed by atoms with Crippen LogP contribution < -0.4 is 0 Å². The second-order valence-corrected chi connectivity index (χ2v) is 5.28. The highest BCUT2D eigenvalue weighted by Crippen LogP contribution is 2.30.